The summed E-state index contributed by atoms with van der Waals surface area (Å²) in [7, 11) is 1.89. The maximum Gasteiger partial charge on any atom is 0.434 e. The predicted molar refractivity (Wildman–Crippen MR) is 89.8 cm³/mol. The van der Waals surface area contributed by atoms with Gasteiger partial charge in [0.2, 0.25) is 0 Å². The average molecular weight is 356 g/mol. The lowest BCUT2D eigenvalue weighted by Gasteiger charge is -2.22. The first-order valence-electron chi connectivity index (χ1n) is 7.45. The van der Waals surface area contributed by atoms with Crippen molar-refractivity contribution in [2.75, 3.05) is 13.6 Å². The van der Waals surface area contributed by atoms with E-state index in [9.17, 15) is 13.2 Å². The van der Waals surface area contributed by atoms with Gasteiger partial charge in [-0.1, -0.05) is 30.3 Å². The Kier molecular flexibility index (Phi) is 6.19. The van der Waals surface area contributed by atoms with E-state index in [0.717, 1.165) is 22.3 Å². The van der Waals surface area contributed by atoms with Gasteiger partial charge in [-0.25, -0.2) is 9.98 Å². The van der Waals surface area contributed by atoms with Crippen LogP contribution in [0.1, 0.15) is 23.2 Å². The molecule has 1 heterocycles. The molecule has 0 saturated carbocycles. The fourth-order valence-electron chi connectivity index (χ4n) is 2.06. The van der Waals surface area contributed by atoms with Crippen LogP contribution in [0.15, 0.2) is 40.7 Å². The van der Waals surface area contributed by atoms with Gasteiger partial charge in [0.15, 0.2) is 11.7 Å². The summed E-state index contributed by atoms with van der Waals surface area (Å²) in [5.41, 5.74) is 0.263. The van der Waals surface area contributed by atoms with Crippen LogP contribution < -0.4 is 5.32 Å². The third-order valence-corrected chi connectivity index (χ3v) is 4.00. The van der Waals surface area contributed by atoms with Crippen LogP contribution in [-0.4, -0.2) is 29.4 Å². The molecule has 0 unspecified atom stereocenters. The Balaban J connectivity index is 2.06. The first-order chi connectivity index (χ1) is 11.4. The normalized spacial score (nSPS) is 12.3. The predicted octanol–water partition coefficient (Wildman–Crippen LogP) is 3.76. The lowest BCUT2D eigenvalue weighted by Crippen LogP contribution is -2.38. The number of alkyl halides is 3. The molecule has 0 atom stereocenters. The number of aliphatic imine (C=N–C) groups is 1. The molecule has 0 aliphatic carbocycles. The Labute approximate surface area is 143 Å². The first-order valence-corrected chi connectivity index (χ1v) is 8.33. The van der Waals surface area contributed by atoms with Crippen molar-refractivity contribution >= 4 is 17.3 Å². The largest absolute Gasteiger partial charge is 0.434 e. The van der Waals surface area contributed by atoms with Gasteiger partial charge >= 0.3 is 6.18 Å². The van der Waals surface area contributed by atoms with Gasteiger partial charge in [0, 0.05) is 25.5 Å². The number of hydrogen-bond donors (Lipinski definition) is 1. The molecule has 2 rings (SSSR count). The highest BCUT2D eigenvalue weighted by Gasteiger charge is 2.33. The fraction of sp³-hybridized carbons (Fsp3) is 0.375. The van der Waals surface area contributed by atoms with Gasteiger partial charge in [0.25, 0.3) is 0 Å². The minimum Gasteiger partial charge on any atom is -0.357 e. The van der Waals surface area contributed by atoms with Gasteiger partial charge in [-0.2, -0.15) is 13.2 Å². The van der Waals surface area contributed by atoms with Gasteiger partial charge in [-0.3, -0.25) is 0 Å². The molecule has 0 amide bonds. The Hall–Kier alpha value is -2.09. The van der Waals surface area contributed by atoms with E-state index in [2.05, 4.69) is 15.3 Å². The number of aromatic nitrogens is 1. The van der Waals surface area contributed by atoms with E-state index in [1.54, 1.807) is 0 Å². The Morgan fingerprint density at radius 2 is 2.00 bits per heavy atom. The fourth-order valence-corrected chi connectivity index (χ4v) is 2.78. The van der Waals surface area contributed by atoms with Crippen molar-refractivity contribution in [2.24, 2.45) is 4.99 Å². The molecule has 0 radical (unpaired) electrons. The standard InChI is InChI=1S/C16H19F3N4S/c1-3-20-15(23(2)10-12-7-5-4-6-8-12)21-9-14-22-13(11-24-14)16(17,18)19/h4-8,11H,3,9-10H2,1-2H3,(H,20,21). The molecule has 4 nitrogen and oxygen atoms in total. The van der Waals surface area contributed by atoms with Crippen LogP contribution >= 0.6 is 11.3 Å². The van der Waals surface area contributed by atoms with E-state index >= 15 is 0 Å². The first kappa shape index (κ1) is 18.3. The van der Waals surface area contributed by atoms with Crippen LogP contribution in [0.3, 0.4) is 0 Å². The number of halogens is 3. The summed E-state index contributed by atoms with van der Waals surface area (Å²) in [5, 5.41) is 4.50. The van der Waals surface area contributed by atoms with Crippen LogP contribution in [0.2, 0.25) is 0 Å². The SMILES string of the molecule is CCNC(=NCc1nc(C(F)(F)F)cs1)N(C)Cc1ccccc1. The summed E-state index contributed by atoms with van der Waals surface area (Å²) >= 11 is 0.968. The summed E-state index contributed by atoms with van der Waals surface area (Å²) < 4.78 is 37.7. The van der Waals surface area contributed by atoms with Gasteiger partial charge in [0.1, 0.15) is 5.01 Å². The minimum absolute atomic E-state index is 0.113. The van der Waals surface area contributed by atoms with Gasteiger partial charge in [0.05, 0.1) is 6.54 Å². The maximum atomic E-state index is 12.6. The van der Waals surface area contributed by atoms with E-state index in [1.807, 2.05) is 49.2 Å². The highest BCUT2D eigenvalue weighted by Crippen LogP contribution is 2.30. The zero-order chi connectivity index (χ0) is 17.6. The number of rotatable bonds is 5. The van der Waals surface area contributed by atoms with Gasteiger partial charge < -0.3 is 10.2 Å². The molecule has 2 aromatic rings. The minimum atomic E-state index is -4.41. The maximum absolute atomic E-state index is 12.6. The Bertz CT molecular complexity index is 667. The smallest absolute Gasteiger partial charge is 0.357 e. The second-order valence-electron chi connectivity index (χ2n) is 5.14. The number of nitrogens with one attached hydrogen (secondary N) is 1. The van der Waals surface area contributed by atoms with E-state index in [4.69, 9.17) is 0 Å². The molecule has 0 bridgehead atoms. The molecule has 0 aliphatic rings. The van der Waals surface area contributed by atoms with Crippen LogP contribution in [0.4, 0.5) is 13.2 Å². The summed E-state index contributed by atoms with van der Waals surface area (Å²) in [6.45, 7) is 3.38. The summed E-state index contributed by atoms with van der Waals surface area (Å²) in [5.74, 6) is 0.630. The molecule has 0 spiro atoms. The van der Waals surface area contributed by atoms with E-state index in [1.165, 1.54) is 0 Å². The monoisotopic (exact) mass is 356 g/mol. The average Bonchev–Trinajstić information content (AvgIpc) is 3.01. The summed E-state index contributed by atoms with van der Waals surface area (Å²) in [6.07, 6.45) is -4.41. The van der Waals surface area contributed by atoms with Crippen LogP contribution in [-0.2, 0) is 19.3 Å². The van der Waals surface area contributed by atoms with E-state index in [0.29, 0.717) is 24.1 Å². The van der Waals surface area contributed by atoms with Crippen molar-refractivity contribution in [2.45, 2.75) is 26.2 Å². The summed E-state index contributed by atoms with van der Waals surface area (Å²) in [6, 6.07) is 9.89. The highest BCUT2D eigenvalue weighted by molar-refractivity contribution is 7.09. The third kappa shape index (κ3) is 5.23. The topological polar surface area (TPSA) is 40.5 Å². The molecule has 0 aliphatic heterocycles. The zero-order valence-corrected chi connectivity index (χ0v) is 14.3. The van der Waals surface area contributed by atoms with Crippen molar-refractivity contribution in [3.05, 3.63) is 52.0 Å². The van der Waals surface area contributed by atoms with Gasteiger partial charge in [-0.15, -0.1) is 11.3 Å². The second kappa shape index (κ2) is 8.14. The number of nitrogens with zero attached hydrogens (tertiary/aromatic N) is 3. The van der Waals surface area contributed by atoms with Crippen LogP contribution in [0.25, 0.3) is 0 Å². The zero-order valence-electron chi connectivity index (χ0n) is 13.5. The molecule has 8 heteroatoms. The third-order valence-electron chi connectivity index (χ3n) is 3.17. The number of benzene rings is 1. The number of thiazole rings is 1. The Morgan fingerprint density at radius 3 is 2.58 bits per heavy atom. The molecule has 24 heavy (non-hydrogen) atoms. The highest BCUT2D eigenvalue weighted by atomic mass is 32.1. The molecular formula is C16H19F3N4S. The van der Waals surface area contributed by atoms with Crippen LogP contribution in [0.5, 0.6) is 0 Å². The lowest BCUT2D eigenvalue weighted by molar-refractivity contribution is -0.140. The van der Waals surface area contributed by atoms with E-state index < -0.39 is 11.9 Å². The molecule has 130 valence electrons. The van der Waals surface area contributed by atoms with Crippen molar-refractivity contribution in [1.29, 1.82) is 0 Å². The van der Waals surface area contributed by atoms with Crippen molar-refractivity contribution in [3.8, 4) is 0 Å². The second-order valence-corrected chi connectivity index (χ2v) is 6.08. The van der Waals surface area contributed by atoms with Crippen molar-refractivity contribution in [1.82, 2.24) is 15.2 Å². The van der Waals surface area contributed by atoms with Gasteiger partial charge in [-0.05, 0) is 12.5 Å². The number of hydrogen-bond acceptors (Lipinski definition) is 3. The van der Waals surface area contributed by atoms with E-state index in [-0.39, 0.29) is 6.54 Å². The summed E-state index contributed by atoms with van der Waals surface area (Å²) in [4.78, 5) is 9.91. The quantitative estimate of drug-likeness (QED) is 0.655. The molecule has 1 N–H and O–H groups in total. The van der Waals surface area contributed by atoms with Crippen LogP contribution in [0, 0.1) is 0 Å². The molecule has 0 saturated heterocycles. The molecule has 1 aromatic carbocycles. The number of guanidine groups is 1. The lowest BCUT2D eigenvalue weighted by atomic mass is 10.2. The molecular weight excluding hydrogens is 337 g/mol. The van der Waals surface area contributed by atoms with Crippen molar-refractivity contribution in [3.63, 3.8) is 0 Å². The molecule has 0 fully saturated rings. The van der Waals surface area contributed by atoms with Crippen molar-refractivity contribution < 1.29 is 13.2 Å². The Morgan fingerprint density at radius 1 is 1.29 bits per heavy atom. The molecule has 1 aromatic heterocycles.